The van der Waals surface area contributed by atoms with E-state index in [2.05, 4.69) is 5.32 Å². The van der Waals surface area contributed by atoms with Gasteiger partial charge in [0.15, 0.2) is 0 Å². The molecule has 112 valence electrons. The molecule has 0 amide bonds. The van der Waals surface area contributed by atoms with Gasteiger partial charge in [0.2, 0.25) is 0 Å². The third kappa shape index (κ3) is 3.16. The number of nitrogens with one attached hydrogen (secondary N) is 1. The average Bonchev–Trinajstić information content (AvgIpc) is 2.83. The number of ether oxygens (including phenoxy) is 1. The summed E-state index contributed by atoms with van der Waals surface area (Å²) in [6.45, 7) is 2.41. The fourth-order valence-electron chi connectivity index (χ4n) is 2.75. The molecule has 1 aliphatic rings. The number of hydrogen-bond acceptors (Lipinski definition) is 3. The number of fused-ring (bicyclic) bond motifs is 1. The molecule has 0 spiro atoms. The largest absolute Gasteiger partial charge is 0.492 e. The highest BCUT2D eigenvalue weighted by atomic mass is 35.5. The van der Waals surface area contributed by atoms with E-state index in [1.807, 2.05) is 13.0 Å². The summed E-state index contributed by atoms with van der Waals surface area (Å²) in [5, 5.41) is 3.49. The van der Waals surface area contributed by atoms with Crippen molar-refractivity contribution < 1.29 is 9.13 Å². The van der Waals surface area contributed by atoms with Crippen LogP contribution in [0.2, 0.25) is 4.34 Å². The summed E-state index contributed by atoms with van der Waals surface area (Å²) < 4.78 is 19.7. The first kappa shape index (κ1) is 14.7. The zero-order valence-electron chi connectivity index (χ0n) is 11.8. The fraction of sp³-hybridized carbons (Fsp3) is 0.375. The van der Waals surface area contributed by atoms with Gasteiger partial charge in [-0.25, -0.2) is 4.39 Å². The van der Waals surface area contributed by atoms with E-state index < -0.39 is 0 Å². The van der Waals surface area contributed by atoms with E-state index in [0.29, 0.717) is 12.4 Å². The van der Waals surface area contributed by atoms with Gasteiger partial charge in [0.05, 0.1) is 22.7 Å². The molecule has 1 aliphatic carbocycles. The molecular formula is C16H17ClFNOS. The molecule has 1 heterocycles. The zero-order valence-corrected chi connectivity index (χ0v) is 13.4. The molecule has 0 aliphatic heterocycles. The Morgan fingerprint density at radius 3 is 3.10 bits per heavy atom. The molecule has 1 aromatic heterocycles. The smallest absolute Gasteiger partial charge is 0.145 e. The molecule has 5 heteroatoms. The lowest BCUT2D eigenvalue weighted by atomic mass is 9.94. The maximum Gasteiger partial charge on any atom is 0.145 e. The van der Waals surface area contributed by atoms with E-state index in [4.69, 9.17) is 16.3 Å². The van der Waals surface area contributed by atoms with Gasteiger partial charge in [-0.1, -0.05) is 11.6 Å². The van der Waals surface area contributed by atoms with E-state index in [0.717, 1.165) is 29.3 Å². The molecule has 1 atom stereocenters. The molecule has 0 bridgehead atoms. The minimum Gasteiger partial charge on any atom is -0.492 e. The van der Waals surface area contributed by atoms with Crippen LogP contribution in [0.5, 0.6) is 5.75 Å². The molecule has 2 nitrogen and oxygen atoms in total. The second-order valence-corrected chi connectivity index (χ2v) is 6.86. The molecule has 0 saturated heterocycles. The fourth-order valence-corrected chi connectivity index (χ4v) is 4.13. The van der Waals surface area contributed by atoms with Gasteiger partial charge < -0.3 is 10.1 Å². The molecule has 0 saturated carbocycles. The number of thiophene rings is 1. The van der Waals surface area contributed by atoms with Crippen LogP contribution in [-0.2, 0) is 6.42 Å². The van der Waals surface area contributed by atoms with E-state index >= 15 is 0 Å². The Labute approximate surface area is 132 Å². The molecule has 1 unspecified atom stereocenters. The van der Waals surface area contributed by atoms with Crippen LogP contribution >= 0.6 is 22.9 Å². The Morgan fingerprint density at radius 2 is 2.29 bits per heavy atom. The lowest BCUT2D eigenvalue weighted by molar-refractivity contribution is 0.339. The van der Waals surface area contributed by atoms with E-state index in [9.17, 15) is 4.39 Å². The lowest BCUT2D eigenvalue weighted by Gasteiger charge is -2.25. The van der Waals surface area contributed by atoms with Crippen molar-refractivity contribution in [2.75, 3.05) is 11.9 Å². The monoisotopic (exact) mass is 325 g/mol. The average molecular weight is 326 g/mol. The second-order valence-electron chi connectivity index (χ2n) is 5.09. The maximum absolute atomic E-state index is 13.4. The van der Waals surface area contributed by atoms with Crippen LogP contribution in [0.25, 0.3) is 0 Å². The molecule has 0 fully saturated rings. The summed E-state index contributed by atoms with van der Waals surface area (Å²) in [4.78, 5) is 1.35. The van der Waals surface area contributed by atoms with Gasteiger partial charge in [0.1, 0.15) is 11.6 Å². The number of hydrogen-bond donors (Lipinski definition) is 1. The van der Waals surface area contributed by atoms with Gasteiger partial charge in [-0.15, -0.1) is 11.3 Å². The van der Waals surface area contributed by atoms with Crippen molar-refractivity contribution >= 4 is 28.6 Å². The summed E-state index contributed by atoms with van der Waals surface area (Å²) in [5.74, 6) is 0.276. The number of rotatable bonds is 4. The Morgan fingerprint density at radius 1 is 1.43 bits per heavy atom. The predicted octanol–water partition coefficient (Wildman–Crippen LogP) is 5.43. The number of benzene rings is 1. The quantitative estimate of drug-likeness (QED) is 0.809. The molecule has 1 N–H and O–H groups in total. The van der Waals surface area contributed by atoms with Gasteiger partial charge in [0.25, 0.3) is 0 Å². The van der Waals surface area contributed by atoms with Crippen LogP contribution in [0.1, 0.15) is 36.2 Å². The first-order valence-electron chi connectivity index (χ1n) is 7.14. The standard InChI is InChI=1S/C16H17ClFNOS/c1-2-20-14-8-10(18)6-7-13(14)19-12-4-3-5-15-11(12)9-16(17)21-15/h6-9,12,19H,2-5H2,1H3. The minimum absolute atomic E-state index is 0.210. The van der Waals surface area contributed by atoms with Gasteiger partial charge in [0, 0.05) is 10.9 Å². The highest BCUT2D eigenvalue weighted by Gasteiger charge is 2.23. The normalized spacial score (nSPS) is 17.4. The maximum atomic E-state index is 13.4. The van der Waals surface area contributed by atoms with Crippen molar-refractivity contribution in [1.82, 2.24) is 0 Å². The number of halogens is 2. The Hall–Kier alpha value is -1.26. The van der Waals surface area contributed by atoms with Gasteiger partial charge in [-0.3, -0.25) is 0 Å². The summed E-state index contributed by atoms with van der Waals surface area (Å²) in [5.41, 5.74) is 2.10. The van der Waals surface area contributed by atoms with E-state index in [1.165, 1.54) is 22.6 Å². The summed E-state index contributed by atoms with van der Waals surface area (Å²) in [6, 6.07) is 6.87. The predicted molar refractivity (Wildman–Crippen MR) is 86.2 cm³/mol. The highest BCUT2D eigenvalue weighted by molar-refractivity contribution is 7.16. The van der Waals surface area contributed by atoms with Gasteiger partial charge in [-0.05, 0) is 49.9 Å². The van der Waals surface area contributed by atoms with Gasteiger partial charge in [-0.2, -0.15) is 0 Å². The third-order valence-electron chi connectivity index (χ3n) is 3.66. The Bertz CT molecular complexity index is 643. The van der Waals surface area contributed by atoms with Crippen molar-refractivity contribution in [3.8, 4) is 5.75 Å². The van der Waals surface area contributed by atoms with Crippen molar-refractivity contribution in [3.05, 3.63) is 44.9 Å². The summed E-state index contributed by atoms with van der Waals surface area (Å²) in [6.07, 6.45) is 3.27. The minimum atomic E-state index is -0.285. The van der Waals surface area contributed by atoms with Crippen molar-refractivity contribution in [3.63, 3.8) is 0 Å². The van der Waals surface area contributed by atoms with Crippen molar-refractivity contribution in [2.45, 2.75) is 32.2 Å². The number of anilines is 1. The Kier molecular flexibility index (Phi) is 4.36. The highest BCUT2D eigenvalue weighted by Crippen LogP contribution is 2.40. The van der Waals surface area contributed by atoms with E-state index in [-0.39, 0.29) is 11.9 Å². The molecule has 2 aromatic rings. The molecule has 0 radical (unpaired) electrons. The third-order valence-corrected chi connectivity index (χ3v) is 5.00. The van der Waals surface area contributed by atoms with Crippen LogP contribution in [0.3, 0.4) is 0 Å². The lowest BCUT2D eigenvalue weighted by Crippen LogP contribution is -2.16. The van der Waals surface area contributed by atoms with Crippen molar-refractivity contribution in [1.29, 1.82) is 0 Å². The van der Waals surface area contributed by atoms with Crippen LogP contribution < -0.4 is 10.1 Å². The van der Waals surface area contributed by atoms with Crippen LogP contribution in [0, 0.1) is 5.82 Å². The molecule has 1 aromatic carbocycles. The SMILES string of the molecule is CCOc1cc(F)ccc1NC1CCCc2sc(Cl)cc21. The zero-order chi connectivity index (χ0) is 14.8. The summed E-state index contributed by atoms with van der Waals surface area (Å²) >= 11 is 7.79. The van der Waals surface area contributed by atoms with Crippen molar-refractivity contribution in [2.24, 2.45) is 0 Å². The second kappa shape index (κ2) is 6.24. The number of aryl methyl sites for hydroxylation is 1. The van der Waals surface area contributed by atoms with E-state index in [1.54, 1.807) is 17.4 Å². The van der Waals surface area contributed by atoms with Gasteiger partial charge >= 0.3 is 0 Å². The van der Waals surface area contributed by atoms with Crippen LogP contribution in [0.15, 0.2) is 24.3 Å². The first-order valence-corrected chi connectivity index (χ1v) is 8.34. The molecular weight excluding hydrogens is 309 g/mol. The van der Waals surface area contributed by atoms with Crippen LogP contribution in [-0.4, -0.2) is 6.61 Å². The topological polar surface area (TPSA) is 21.3 Å². The molecule has 21 heavy (non-hydrogen) atoms. The molecule has 3 rings (SSSR count). The van der Waals surface area contributed by atoms with Crippen LogP contribution in [0.4, 0.5) is 10.1 Å². The Balaban J connectivity index is 1.87. The summed E-state index contributed by atoms with van der Waals surface area (Å²) in [7, 11) is 0. The first-order chi connectivity index (χ1) is 10.2.